The van der Waals surface area contributed by atoms with E-state index in [1.807, 2.05) is 6.08 Å². The number of esters is 1. The van der Waals surface area contributed by atoms with E-state index in [4.69, 9.17) is 9.16 Å². The summed E-state index contributed by atoms with van der Waals surface area (Å²) in [5, 5.41) is 0.124. The van der Waals surface area contributed by atoms with Crippen LogP contribution in [0.1, 0.15) is 52.9 Å². The number of methoxy groups -OCH3 is 1. The van der Waals surface area contributed by atoms with Crippen molar-refractivity contribution in [3.05, 3.63) is 12.7 Å². The van der Waals surface area contributed by atoms with Gasteiger partial charge in [0.15, 0.2) is 8.32 Å². The highest BCUT2D eigenvalue weighted by Gasteiger charge is 2.51. The maximum atomic E-state index is 12.3. The van der Waals surface area contributed by atoms with Crippen LogP contribution >= 0.6 is 0 Å². The number of carbonyl (C=O) groups is 1. The second kappa shape index (κ2) is 6.65. The van der Waals surface area contributed by atoms with Crippen LogP contribution in [0.3, 0.4) is 0 Å². The van der Waals surface area contributed by atoms with E-state index >= 15 is 0 Å². The van der Waals surface area contributed by atoms with Crippen LogP contribution in [-0.2, 0) is 14.0 Å². The van der Waals surface area contributed by atoms with Crippen molar-refractivity contribution in [2.75, 3.05) is 7.11 Å². The van der Waals surface area contributed by atoms with Gasteiger partial charge in [-0.15, -0.1) is 6.58 Å². The van der Waals surface area contributed by atoms with E-state index in [2.05, 4.69) is 40.4 Å². The summed E-state index contributed by atoms with van der Waals surface area (Å²) in [6, 6.07) is 0. The van der Waals surface area contributed by atoms with Gasteiger partial charge in [0.2, 0.25) is 0 Å². The van der Waals surface area contributed by atoms with E-state index in [1.54, 1.807) is 0 Å². The van der Waals surface area contributed by atoms with Crippen molar-refractivity contribution in [1.29, 1.82) is 0 Å². The molecule has 1 fully saturated rings. The number of hydrogen-bond acceptors (Lipinski definition) is 3. The van der Waals surface area contributed by atoms with E-state index in [-0.39, 0.29) is 16.9 Å². The first-order valence-corrected chi connectivity index (χ1v) is 10.9. The number of rotatable bonds is 5. The Labute approximate surface area is 131 Å². The standard InChI is InChI=1S/C17H32O3Si/c1-8-12-17(20-21(6,7)16(2,3)4)13-10-9-11-14(17)15(18)19-5/h8,14H,1,9-13H2,2-7H3/t14-,17-/m0/s1. The summed E-state index contributed by atoms with van der Waals surface area (Å²) in [4.78, 5) is 12.3. The molecule has 0 bridgehead atoms. The lowest BCUT2D eigenvalue weighted by atomic mass is 9.73. The highest BCUT2D eigenvalue weighted by atomic mass is 28.4. The monoisotopic (exact) mass is 312 g/mol. The molecule has 0 saturated heterocycles. The van der Waals surface area contributed by atoms with Crippen molar-refractivity contribution in [2.24, 2.45) is 5.92 Å². The average molecular weight is 313 g/mol. The lowest BCUT2D eigenvalue weighted by Gasteiger charge is -2.50. The van der Waals surface area contributed by atoms with Gasteiger partial charge in [-0.3, -0.25) is 4.79 Å². The molecule has 1 saturated carbocycles. The van der Waals surface area contributed by atoms with Crippen LogP contribution in [0.5, 0.6) is 0 Å². The van der Waals surface area contributed by atoms with Gasteiger partial charge in [-0.05, 0) is 37.4 Å². The van der Waals surface area contributed by atoms with Crippen LogP contribution in [-0.4, -0.2) is 27.0 Å². The zero-order valence-corrected chi connectivity index (χ0v) is 15.6. The fraction of sp³-hybridized carbons (Fsp3) is 0.824. The van der Waals surface area contributed by atoms with Crippen molar-refractivity contribution in [3.8, 4) is 0 Å². The zero-order valence-electron chi connectivity index (χ0n) is 14.6. The summed E-state index contributed by atoms with van der Waals surface area (Å²) < 4.78 is 11.8. The lowest BCUT2D eigenvalue weighted by Crippen LogP contribution is -2.56. The second-order valence-electron chi connectivity index (χ2n) is 7.74. The molecule has 1 aliphatic carbocycles. The van der Waals surface area contributed by atoms with Crippen LogP contribution in [0.25, 0.3) is 0 Å². The van der Waals surface area contributed by atoms with Crippen LogP contribution < -0.4 is 0 Å². The van der Waals surface area contributed by atoms with Gasteiger partial charge in [-0.1, -0.05) is 39.7 Å². The van der Waals surface area contributed by atoms with Crippen molar-refractivity contribution in [1.82, 2.24) is 0 Å². The zero-order chi connectivity index (χ0) is 16.3. The molecule has 0 amide bonds. The van der Waals surface area contributed by atoms with Crippen molar-refractivity contribution < 1.29 is 14.0 Å². The lowest BCUT2D eigenvalue weighted by molar-refractivity contribution is -0.157. The molecule has 0 aromatic heterocycles. The minimum absolute atomic E-state index is 0.124. The Morgan fingerprint density at radius 3 is 2.48 bits per heavy atom. The van der Waals surface area contributed by atoms with Crippen molar-refractivity contribution in [3.63, 3.8) is 0 Å². The average Bonchev–Trinajstić information content (AvgIpc) is 2.36. The van der Waals surface area contributed by atoms with Crippen LogP contribution in [0.4, 0.5) is 0 Å². The number of hydrogen-bond donors (Lipinski definition) is 0. The molecular weight excluding hydrogens is 280 g/mol. The summed E-state index contributed by atoms with van der Waals surface area (Å²) in [7, 11) is -0.484. The fourth-order valence-corrected chi connectivity index (χ4v) is 4.65. The molecule has 0 heterocycles. The predicted molar refractivity (Wildman–Crippen MR) is 89.8 cm³/mol. The highest BCUT2D eigenvalue weighted by molar-refractivity contribution is 6.74. The largest absolute Gasteiger partial charge is 0.469 e. The Kier molecular flexibility index (Phi) is 5.84. The number of carbonyl (C=O) groups excluding carboxylic acids is 1. The Balaban J connectivity index is 3.15. The third-order valence-corrected chi connectivity index (χ3v) is 9.75. The maximum absolute atomic E-state index is 12.3. The van der Waals surface area contributed by atoms with Gasteiger partial charge < -0.3 is 9.16 Å². The summed E-state index contributed by atoms with van der Waals surface area (Å²) >= 11 is 0. The molecule has 2 atom stereocenters. The molecule has 1 rings (SSSR count). The summed E-state index contributed by atoms with van der Waals surface area (Å²) in [6.07, 6.45) is 6.57. The summed E-state index contributed by atoms with van der Waals surface area (Å²) in [5.41, 5.74) is -0.421. The SMILES string of the molecule is C=CC[C@]1(O[Si](C)(C)C(C)(C)C)CCCC[C@H]1C(=O)OC. The Morgan fingerprint density at radius 2 is 2.00 bits per heavy atom. The quantitative estimate of drug-likeness (QED) is 0.420. The van der Waals surface area contributed by atoms with Crippen molar-refractivity contribution >= 4 is 14.3 Å². The molecule has 1 aliphatic rings. The van der Waals surface area contributed by atoms with E-state index in [1.165, 1.54) is 7.11 Å². The Hall–Kier alpha value is -0.613. The molecule has 4 heteroatoms. The van der Waals surface area contributed by atoms with Crippen LogP contribution in [0.2, 0.25) is 18.1 Å². The maximum Gasteiger partial charge on any atom is 0.311 e. The van der Waals surface area contributed by atoms with Crippen LogP contribution in [0.15, 0.2) is 12.7 Å². The molecule has 122 valence electrons. The van der Waals surface area contributed by atoms with Gasteiger partial charge >= 0.3 is 5.97 Å². The molecule has 0 aromatic rings. The van der Waals surface area contributed by atoms with Crippen molar-refractivity contribution in [2.45, 2.75) is 76.6 Å². The fourth-order valence-electron chi connectivity index (χ4n) is 3.00. The third kappa shape index (κ3) is 3.98. The van der Waals surface area contributed by atoms with E-state index in [0.717, 1.165) is 32.1 Å². The van der Waals surface area contributed by atoms with Crippen LogP contribution in [0, 0.1) is 5.92 Å². The Morgan fingerprint density at radius 1 is 1.38 bits per heavy atom. The topological polar surface area (TPSA) is 35.5 Å². The highest BCUT2D eigenvalue weighted by Crippen LogP contribution is 2.47. The Bertz CT molecular complexity index is 384. The molecule has 0 unspecified atom stereocenters. The van der Waals surface area contributed by atoms with Gasteiger partial charge in [0.05, 0.1) is 18.6 Å². The predicted octanol–water partition coefficient (Wildman–Crippen LogP) is 4.69. The van der Waals surface area contributed by atoms with Gasteiger partial charge in [-0.25, -0.2) is 0 Å². The third-order valence-electron chi connectivity index (χ3n) is 5.22. The molecule has 21 heavy (non-hydrogen) atoms. The molecule has 0 spiro atoms. The molecule has 0 aromatic carbocycles. The van der Waals surface area contributed by atoms with Gasteiger partial charge in [0, 0.05) is 0 Å². The first-order chi connectivity index (χ1) is 9.59. The summed E-state index contributed by atoms with van der Waals surface area (Å²) in [6.45, 7) is 15.1. The molecule has 0 N–H and O–H groups in total. The summed E-state index contributed by atoms with van der Waals surface area (Å²) in [5.74, 6) is -0.293. The molecule has 0 radical (unpaired) electrons. The van der Waals surface area contributed by atoms with E-state index < -0.39 is 13.9 Å². The second-order valence-corrected chi connectivity index (χ2v) is 12.5. The molecule has 3 nitrogen and oxygen atoms in total. The molecular formula is C17H32O3Si. The van der Waals surface area contributed by atoms with E-state index in [9.17, 15) is 4.79 Å². The van der Waals surface area contributed by atoms with Gasteiger partial charge in [0.25, 0.3) is 0 Å². The van der Waals surface area contributed by atoms with E-state index in [0.29, 0.717) is 0 Å². The smallest absolute Gasteiger partial charge is 0.311 e. The van der Waals surface area contributed by atoms with Gasteiger partial charge in [-0.2, -0.15) is 0 Å². The minimum Gasteiger partial charge on any atom is -0.469 e. The first-order valence-electron chi connectivity index (χ1n) is 7.98. The minimum atomic E-state index is -1.96. The first kappa shape index (κ1) is 18.4. The van der Waals surface area contributed by atoms with Gasteiger partial charge in [0.1, 0.15) is 0 Å². The normalized spacial score (nSPS) is 27.2. The molecule has 0 aliphatic heterocycles. The number of ether oxygens (including phenoxy) is 1.